The van der Waals surface area contributed by atoms with E-state index in [9.17, 15) is 0 Å². The highest BCUT2D eigenvalue weighted by atomic mass is 15.2. The molecule has 19 heavy (non-hydrogen) atoms. The summed E-state index contributed by atoms with van der Waals surface area (Å²) in [6, 6.07) is 7.91. The molecule has 2 heterocycles. The molecule has 100 valence electrons. The third-order valence-electron chi connectivity index (χ3n) is 3.74. The lowest BCUT2D eigenvalue weighted by Gasteiger charge is -2.16. The molecule has 1 fully saturated rings. The largest absolute Gasteiger partial charge is 0.399 e. The van der Waals surface area contributed by atoms with Crippen LogP contribution in [-0.2, 0) is 6.54 Å². The maximum Gasteiger partial charge on any atom is 0.139 e. The van der Waals surface area contributed by atoms with Crippen molar-refractivity contribution in [3.05, 3.63) is 36.7 Å². The number of anilines is 1. The molecular weight excluding hydrogens is 236 g/mol. The Morgan fingerprint density at radius 2 is 1.79 bits per heavy atom. The van der Waals surface area contributed by atoms with E-state index in [2.05, 4.69) is 20.6 Å². The Bertz CT molecular complexity index is 523. The first-order valence-electron chi connectivity index (χ1n) is 6.92. The lowest BCUT2D eigenvalue weighted by molar-refractivity contribution is 0.323. The minimum absolute atomic E-state index is 0.791. The minimum Gasteiger partial charge on any atom is -0.399 e. The molecule has 1 aromatic carbocycles. The Labute approximate surface area is 113 Å². The first-order chi connectivity index (χ1) is 9.33. The zero-order chi connectivity index (χ0) is 13.1. The SMILES string of the molecule is Nc1ccc(-c2nccn2CCN2CCCC2)cc1. The van der Waals surface area contributed by atoms with Gasteiger partial charge in [-0.2, -0.15) is 0 Å². The topological polar surface area (TPSA) is 47.1 Å². The predicted molar refractivity (Wildman–Crippen MR) is 77.7 cm³/mol. The van der Waals surface area contributed by atoms with Gasteiger partial charge in [0, 0.05) is 36.7 Å². The van der Waals surface area contributed by atoms with Gasteiger partial charge >= 0.3 is 0 Å². The van der Waals surface area contributed by atoms with Gasteiger partial charge in [-0.1, -0.05) is 0 Å². The summed E-state index contributed by atoms with van der Waals surface area (Å²) < 4.78 is 2.23. The Kier molecular flexibility index (Phi) is 3.51. The fourth-order valence-electron chi connectivity index (χ4n) is 2.64. The van der Waals surface area contributed by atoms with Gasteiger partial charge in [0.25, 0.3) is 0 Å². The third-order valence-corrected chi connectivity index (χ3v) is 3.74. The zero-order valence-corrected chi connectivity index (χ0v) is 11.1. The van der Waals surface area contributed by atoms with Gasteiger partial charge in [-0.05, 0) is 50.2 Å². The number of imidazole rings is 1. The quantitative estimate of drug-likeness (QED) is 0.853. The highest BCUT2D eigenvalue weighted by molar-refractivity contribution is 5.59. The molecule has 1 saturated heterocycles. The van der Waals surface area contributed by atoms with E-state index in [-0.39, 0.29) is 0 Å². The van der Waals surface area contributed by atoms with Crippen molar-refractivity contribution in [3.63, 3.8) is 0 Å². The van der Waals surface area contributed by atoms with Crippen LogP contribution < -0.4 is 5.73 Å². The highest BCUT2D eigenvalue weighted by Crippen LogP contribution is 2.19. The molecule has 2 aromatic rings. The second-order valence-corrected chi connectivity index (χ2v) is 5.11. The number of nitrogens with two attached hydrogens (primary N) is 1. The van der Waals surface area contributed by atoms with E-state index in [1.165, 1.54) is 25.9 Å². The van der Waals surface area contributed by atoms with Gasteiger partial charge in [0.1, 0.15) is 5.82 Å². The van der Waals surface area contributed by atoms with Crippen LogP contribution in [0.5, 0.6) is 0 Å². The third kappa shape index (κ3) is 2.79. The van der Waals surface area contributed by atoms with Crippen LogP contribution in [0.2, 0.25) is 0 Å². The molecule has 1 aliphatic heterocycles. The van der Waals surface area contributed by atoms with Crippen LogP contribution in [0.4, 0.5) is 5.69 Å². The van der Waals surface area contributed by atoms with Gasteiger partial charge < -0.3 is 15.2 Å². The summed E-state index contributed by atoms with van der Waals surface area (Å²) >= 11 is 0. The average Bonchev–Trinajstić information content (AvgIpc) is 3.08. The maximum absolute atomic E-state index is 5.73. The normalized spacial score (nSPS) is 16.0. The molecule has 1 aliphatic rings. The number of hydrogen-bond donors (Lipinski definition) is 1. The lowest BCUT2D eigenvalue weighted by atomic mass is 10.2. The molecule has 0 spiro atoms. The van der Waals surface area contributed by atoms with E-state index >= 15 is 0 Å². The van der Waals surface area contributed by atoms with Crippen LogP contribution in [0, 0.1) is 0 Å². The number of benzene rings is 1. The summed E-state index contributed by atoms with van der Waals surface area (Å²) in [7, 11) is 0. The van der Waals surface area contributed by atoms with E-state index in [0.717, 1.165) is 30.2 Å². The summed E-state index contributed by atoms with van der Waals surface area (Å²) in [5.41, 5.74) is 7.64. The second kappa shape index (κ2) is 5.45. The van der Waals surface area contributed by atoms with Gasteiger partial charge in [-0.3, -0.25) is 0 Å². The minimum atomic E-state index is 0.791. The fraction of sp³-hybridized carbons (Fsp3) is 0.400. The molecular formula is C15H20N4. The summed E-state index contributed by atoms with van der Waals surface area (Å²) in [6.07, 6.45) is 6.61. The molecule has 0 amide bonds. The Balaban J connectivity index is 1.72. The average molecular weight is 256 g/mol. The lowest BCUT2D eigenvalue weighted by Crippen LogP contribution is -2.24. The first-order valence-corrected chi connectivity index (χ1v) is 6.92. The van der Waals surface area contributed by atoms with Gasteiger partial charge in [-0.15, -0.1) is 0 Å². The summed E-state index contributed by atoms with van der Waals surface area (Å²) in [6.45, 7) is 4.59. The first kappa shape index (κ1) is 12.2. The van der Waals surface area contributed by atoms with Crippen molar-refractivity contribution in [3.8, 4) is 11.4 Å². The standard InChI is InChI=1S/C15H20N4/c16-14-5-3-13(4-6-14)15-17-7-10-19(15)12-11-18-8-1-2-9-18/h3-7,10H,1-2,8-9,11-12,16H2. The van der Waals surface area contributed by atoms with E-state index in [0.29, 0.717) is 0 Å². The van der Waals surface area contributed by atoms with Gasteiger partial charge in [-0.25, -0.2) is 4.98 Å². The predicted octanol–water partition coefficient (Wildman–Crippen LogP) is 2.23. The van der Waals surface area contributed by atoms with Crippen molar-refractivity contribution in [2.24, 2.45) is 0 Å². The van der Waals surface area contributed by atoms with Crippen molar-refractivity contribution >= 4 is 5.69 Å². The van der Waals surface area contributed by atoms with E-state index in [1.807, 2.05) is 30.5 Å². The zero-order valence-electron chi connectivity index (χ0n) is 11.1. The second-order valence-electron chi connectivity index (χ2n) is 5.11. The van der Waals surface area contributed by atoms with Gasteiger partial charge in [0.2, 0.25) is 0 Å². The number of likely N-dealkylation sites (tertiary alicyclic amines) is 1. The number of hydrogen-bond acceptors (Lipinski definition) is 3. The van der Waals surface area contributed by atoms with E-state index in [1.54, 1.807) is 0 Å². The highest BCUT2D eigenvalue weighted by Gasteiger charge is 2.12. The Hall–Kier alpha value is -1.81. The van der Waals surface area contributed by atoms with Crippen LogP contribution in [0.15, 0.2) is 36.7 Å². The summed E-state index contributed by atoms with van der Waals surface area (Å²) in [5.74, 6) is 1.03. The number of nitrogen functional groups attached to an aromatic ring is 1. The summed E-state index contributed by atoms with van der Waals surface area (Å²) in [4.78, 5) is 6.99. The van der Waals surface area contributed by atoms with Crippen LogP contribution in [-0.4, -0.2) is 34.1 Å². The van der Waals surface area contributed by atoms with Crippen LogP contribution in [0.1, 0.15) is 12.8 Å². The number of aromatic nitrogens is 2. The van der Waals surface area contributed by atoms with Gasteiger partial charge in [0.05, 0.1) is 0 Å². The molecule has 0 saturated carbocycles. The van der Waals surface area contributed by atoms with Crippen LogP contribution in [0.25, 0.3) is 11.4 Å². The Morgan fingerprint density at radius 3 is 2.53 bits per heavy atom. The number of nitrogens with zero attached hydrogens (tertiary/aromatic N) is 3. The maximum atomic E-state index is 5.73. The smallest absolute Gasteiger partial charge is 0.139 e. The molecule has 0 unspecified atom stereocenters. The molecule has 2 N–H and O–H groups in total. The molecule has 0 radical (unpaired) electrons. The van der Waals surface area contributed by atoms with Crippen LogP contribution in [0.3, 0.4) is 0 Å². The van der Waals surface area contributed by atoms with Crippen molar-refractivity contribution in [1.82, 2.24) is 14.5 Å². The van der Waals surface area contributed by atoms with Crippen molar-refractivity contribution in [1.29, 1.82) is 0 Å². The monoisotopic (exact) mass is 256 g/mol. The van der Waals surface area contributed by atoms with E-state index in [4.69, 9.17) is 5.73 Å². The number of rotatable bonds is 4. The van der Waals surface area contributed by atoms with Crippen LogP contribution >= 0.6 is 0 Å². The molecule has 0 aliphatic carbocycles. The molecule has 3 rings (SSSR count). The molecule has 1 aromatic heterocycles. The fourth-order valence-corrected chi connectivity index (χ4v) is 2.64. The van der Waals surface area contributed by atoms with E-state index < -0.39 is 0 Å². The molecule has 4 nitrogen and oxygen atoms in total. The van der Waals surface area contributed by atoms with Crippen molar-refractivity contribution in [2.75, 3.05) is 25.4 Å². The molecule has 0 bridgehead atoms. The van der Waals surface area contributed by atoms with Crippen molar-refractivity contribution < 1.29 is 0 Å². The van der Waals surface area contributed by atoms with Crippen molar-refractivity contribution in [2.45, 2.75) is 19.4 Å². The Morgan fingerprint density at radius 1 is 1.05 bits per heavy atom. The molecule has 4 heteroatoms. The molecule has 0 atom stereocenters. The summed E-state index contributed by atoms with van der Waals surface area (Å²) in [5, 5.41) is 0. The van der Waals surface area contributed by atoms with Gasteiger partial charge in [0.15, 0.2) is 0 Å².